The van der Waals surface area contributed by atoms with Crippen molar-refractivity contribution in [1.29, 1.82) is 0 Å². The number of aromatic nitrogens is 2. The van der Waals surface area contributed by atoms with E-state index >= 15 is 0 Å². The first-order valence-electron chi connectivity index (χ1n) is 11.0. The summed E-state index contributed by atoms with van der Waals surface area (Å²) in [6, 6.07) is 3.30. The Balaban J connectivity index is 1.46. The standard InChI is InChI=1S/C23H27F2N3O2/c24-23(25)10-13-7-12(8-14(13)11-23)15-3-1-2-4-16(15)18-9-19(29)20-17(28-18)5-6-27-21(20)22(26)30/h5-6,9,12-16H,1-4,7-8,10-11H2,(H2,26,30)(H,28,29)/t12?,13-,14+,15?,16-/m1/s1. The van der Waals surface area contributed by atoms with Gasteiger partial charge in [0.05, 0.1) is 10.9 Å². The Hall–Kier alpha value is -2.31. The van der Waals surface area contributed by atoms with Gasteiger partial charge < -0.3 is 10.7 Å². The molecule has 3 saturated carbocycles. The van der Waals surface area contributed by atoms with Gasteiger partial charge in [0, 0.05) is 36.7 Å². The van der Waals surface area contributed by atoms with E-state index in [1.54, 1.807) is 12.1 Å². The number of carbonyl (C=O) groups excluding carboxylic acids is 1. The number of pyridine rings is 2. The Kier molecular flexibility index (Phi) is 4.67. The SMILES string of the molecule is NC(=O)c1nccc2[nH]c([C@@H]3CCCCC3C3C[C@@H]4CC(F)(F)C[C@@H]4C3)cc(=O)c12. The summed E-state index contributed by atoms with van der Waals surface area (Å²) in [5.74, 6) is -1.85. The highest BCUT2D eigenvalue weighted by Crippen LogP contribution is 2.57. The molecule has 0 aromatic carbocycles. The van der Waals surface area contributed by atoms with Crippen LogP contribution in [0.5, 0.6) is 0 Å². The largest absolute Gasteiger partial charge is 0.364 e. The molecule has 0 radical (unpaired) electrons. The van der Waals surface area contributed by atoms with E-state index < -0.39 is 11.8 Å². The Bertz CT molecular complexity index is 1030. The molecule has 0 saturated heterocycles. The maximum absolute atomic E-state index is 13.8. The van der Waals surface area contributed by atoms with Crippen LogP contribution in [0.1, 0.15) is 73.5 Å². The van der Waals surface area contributed by atoms with E-state index in [2.05, 4.69) is 9.97 Å². The molecule has 3 N–H and O–H groups in total. The van der Waals surface area contributed by atoms with Crippen molar-refractivity contribution in [1.82, 2.24) is 9.97 Å². The predicted molar refractivity (Wildman–Crippen MR) is 109 cm³/mol. The quantitative estimate of drug-likeness (QED) is 0.780. The summed E-state index contributed by atoms with van der Waals surface area (Å²) in [6.45, 7) is 0. The number of rotatable bonds is 3. The molecule has 5 rings (SSSR count). The summed E-state index contributed by atoms with van der Waals surface area (Å²) < 4.78 is 27.6. The number of hydrogen-bond acceptors (Lipinski definition) is 3. The van der Waals surface area contributed by atoms with Gasteiger partial charge in [-0.25, -0.2) is 8.78 Å². The van der Waals surface area contributed by atoms with Crippen LogP contribution in [0, 0.1) is 23.7 Å². The fourth-order valence-electron chi connectivity index (χ4n) is 6.68. The summed E-state index contributed by atoms with van der Waals surface area (Å²) in [7, 11) is 0. The zero-order valence-corrected chi connectivity index (χ0v) is 16.9. The zero-order valence-electron chi connectivity index (χ0n) is 16.9. The van der Waals surface area contributed by atoms with Gasteiger partial charge in [-0.05, 0) is 55.4 Å². The monoisotopic (exact) mass is 415 g/mol. The summed E-state index contributed by atoms with van der Waals surface area (Å²) in [4.78, 5) is 31.9. The van der Waals surface area contributed by atoms with Crippen molar-refractivity contribution in [3.05, 3.63) is 39.9 Å². The third-order valence-electron chi connectivity index (χ3n) is 7.82. The molecule has 0 bridgehead atoms. The molecule has 0 aliphatic heterocycles. The highest BCUT2D eigenvalue weighted by atomic mass is 19.3. The van der Waals surface area contributed by atoms with Gasteiger partial charge in [0.15, 0.2) is 5.43 Å². The molecule has 160 valence electrons. The van der Waals surface area contributed by atoms with Gasteiger partial charge in [0.1, 0.15) is 5.69 Å². The molecular weight excluding hydrogens is 388 g/mol. The lowest BCUT2D eigenvalue weighted by atomic mass is 9.70. The van der Waals surface area contributed by atoms with Crippen molar-refractivity contribution < 1.29 is 13.6 Å². The van der Waals surface area contributed by atoms with E-state index in [0.29, 0.717) is 17.4 Å². The van der Waals surface area contributed by atoms with Crippen LogP contribution in [0.25, 0.3) is 10.9 Å². The summed E-state index contributed by atoms with van der Waals surface area (Å²) in [6.07, 6.45) is 7.65. The lowest BCUT2D eigenvalue weighted by Gasteiger charge is -2.36. The second-order valence-electron chi connectivity index (χ2n) is 9.61. The molecule has 3 aliphatic rings. The van der Waals surface area contributed by atoms with Gasteiger partial charge in [0.2, 0.25) is 5.92 Å². The van der Waals surface area contributed by atoms with Gasteiger partial charge in [-0.1, -0.05) is 12.8 Å². The van der Waals surface area contributed by atoms with Crippen molar-refractivity contribution in [3.8, 4) is 0 Å². The number of primary amides is 1. The van der Waals surface area contributed by atoms with E-state index in [1.807, 2.05) is 0 Å². The van der Waals surface area contributed by atoms with Crippen molar-refractivity contribution >= 4 is 16.8 Å². The van der Waals surface area contributed by atoms with E-state index in [1.165, 1.54) is 6.20 Å². The average Bonchev–Trinajstić information content (AvgIpc) is 3.20. The number of alkyl halides is 2. The molecule has 2 unspecified atom stereocenters. The average molecular weight is 415 g/mol. The normalized spacial score (nSPS) is 32.9. The van der Waals surface area contributed by atoms with Crippen LogP contribution in [0.15, 0.2) is 23.1 Å². The second-order valence-corrected chi connectivity index (χ2v) is 9.61. The Morgan fingerprint density at radius 3 is 2.53 bits per heavy atom. The maximum Gasteiger partial charge on any atom is 0.268 e. The minimum atomic E-state index is -2.48. The third-order valence-corrected chi connectivity index (χ3v) is 7.82. The fourth-order valence-corrected chi connectivity index (χ4v) is 6.68. The molecule has 5 nitrogen and oxygen atoms in total. The molecular formula is C23H27F2N3O2. The van der Waals surface area contributed by atoms with Crippen LogP contribution in [-0.4, -0.2) is 21.8 Å². The first-order chi connectivity index (χ1) is 14.3. The van der Waals surface area contributed by atoms with Gasteiger partial charge >= 0.3 is 0 Å². The van der Waals surface area contributed by atoms with Crippen molar-refractivity contribution in [2.75, 3.05) is 0 Å². The number of nitrogens with one attached hydrogen (secondary N) is 1. The second kappa shape index (κ2) is 7.13. The van der Waals surface area contributed by atoms with Gasteiger partial charge in [0.25, 0.3) is 5.91 Å². The number of fused-ring (bicyclic) bond motifs is 2. The lowest BCUT2D eigenvalue weighted by molar-refractivity contribution is -0.00273. The number of H-pyrrole nitrogens is 1. The van der Waals surface area contributed by atoms with Crippen LogP contribution in [0.2, 0.25) is 0 Å². The number of halogens is 2. The van der Waals surface area contributed by atoms with Crippen LogP contribution < -0.4 is 11.2 Å². The highest BCUT2D eigenvalue weighted by Gasteiger charge is 2.52. The molecule has 3 aliphatic carbocycles. The van der Waals surface area contributed by atoms with E-state index in [9.17, 15) is 18.4 Å². The van der Waals surface area contributed by atoms with Crippen molar-refractivity contribution in [2.45, 2.75) is 63.2 Å². The van der Waals surface area contributed by atoms with E-state index in [-0.39, 0.29) is 47.1 Å². The molecule has 2 aromatic heterocycles. The molecule has 30 heavy (non-hydrogen) atoms. The predicted octanol–water partition coefficient (Wildman–Crippen LogP) is 4.37. The maximum atomic E-state index is 13.8. The number of aromatic amines is 1. The molecule has 2 aromatic rings. The Morgan fingerprint density at radius 1 is 1.13 bits per heavy atom. The van der Waals surface area contributed by atoms with Crippen LogP contribution in [-0.2, 0) is 0 Å². The number of hydrogen-bond donors (Lipinski definition) is 2. The van der Waals surface area contributed by atoms with Crippen molar-refractivity contribution in [3.63, 3.8) is 0 Å². The first kappa shape index (κ1) is 19.6. The van der Waals surface area contributed by atoms with Gasteiger partial charge in [-0.3, -0.25) is 14.6 Å². The summed E-state index contributed by atoms with van der Waals surface area (Å²) >= 11 is 0. The Morgan fingerprint density at radius 2 is 1.83 bits per heavy atom. The van der Waals surface area contributed by atoms with E-state index in [4.69, 9.17) is 5.73 Å². The highest BCUT2D eigenvalue weighted by molar-refractivity contribution is 6.03. The minimum absolute atomic E-state index is 0.00922. The minimum Gasteiger partial charge on any atom is -0.364 e. The third kappa shape index (κ3) is 3.32. The smallest absolute Gasteiger partial charge is 0.268 e. The van der Waals surface area contributed by atoms with Crippen molar-refractivity contribution in [2.24, 2.45) is 29.4 Å². The fraction of sp³-hybridized carbons (Fsp3) is 0.609. The molecule has 7 heteroatoms. The number of carbonyl (C=O) groups is 1. The van der Waals surface area contributed by atoms with Crippen LogP contribution in [0.4, 0.5) is 8.78 Å². The first-order valence-corrected chi connectivity index (χ1v) is 11.0. The van der Waals surface area contributed by atoms with Gasteiger partial charge in [-0.15, -0.1) is 0 Å². The Labute approximate surface area is 173 Å². The lowest BCUT2D eigenvalue weighted by Crippen LogP contribution is -2.27. The zero-order chi connectivity index (χ0) is 21.0. The van der Waals surface area contributed by atoms with Crippen LogP contribution in [0.3, 0.4) is 0 Å². The summed E-state index contributed by atoms with van der Waals surface area (Å²) in [5, 5.41) is 0.235. The van der Waals surface area contributed by atoms with E-state index in [0.717, 1.165) is 44.2 Å². The van der Waals surface area contributed by atoms with Gasteiger partial charge in [-0.2, -0.15) is 0 Å². The number of amides is 1. The molecule has 2 heterocycles. The molecule has 1 amide bonds. The number of nitrogens with two attached hydrogens (primary N) is 1. The molecule has 3 fully saturated rings. The summed E-state index contributed by atoms with van der Waals surface area (Å²) in [5.41, 5.74) is 6.61. The topological polar surface area (TPSA) is 88.8 Å². The number of nitrogens with zero attached hydrogens (tertiary/aromatic N) is 1. The molecule has 0 spiro atoms. The van der Waals surface area contributed by atoms with Crippen LogP contribution >= 0.6 is 0 Å². The molecule has 5 atom stereocenters.